The molecule has 0 aliphatic heterocycles. The minimum atomic E-state index is 0.0374. The van der Waals surface area contributed by atoms with E-state index in [1.54, 1.807) is 13.3 Å². The minimum Gasteiger partial charge on any atom is -0.462 e. The molecule has 2 N–H and O–H groups in total. The molecule has 2 heterocycles. The van der Waals surface area contributed by atoms with Crippen molar-refractivity contribution in [3.8, 4) is 5.19 Å². The maximum Gasteiger partial charge on any atom is 0.296 e. The molecule has 7 heteroatoms. The zero-order chi connectivity index (χ0) is 13.0. The number of aromatic nitrogens is 3. The molecule has 0 radical (unpaired) electrons. The largest absolute Gasteiger partial charge is 0.462 e. The number of methoxy groups -OCH3 is 1. The highest BCUT2D eigenvalue weighted by Crippen LogP contribution is 2.20. The Morgan fingerprint density at radius 1 is 1.39 bits per heavy atom. The van der Waals surface area contributed by atoms with Gasteiger partial charge in [-0.2, -0.15) is 0 Å². The third-order valence-electron chi connectivity index (χ3n) is 2.44. The first-order chi connectivity index (χ1) is 8.69. The van der Waals surface area contributed by atoms with Crippen LogP contribution < -0.4 is 10.5 Å². The van der Waals surface area contributed by atoms with Gasteiger partial charge in [-0.05, 0) is 29.9 Å². The fourth-order valence-corrected chi connectivity index (χ4v) is 1.77. The van der Waals surface area contributed by atoms with Crippen molar-refractivity contribution in [2.75, 3.05) is 12.8 Å². The lowest BCUT2D eigenvalue weighted by molar-refractivity contribution is 0.119. The summed E-state index contributed by atoms with van der Waals surface area (Å²) in [6, 6.07) is 3.86. The van der Waals surface area contributed by atoms with Gasteiger partial charge in [0.25, 0.3) is 5.19 Å². The summed E-state index contributed by atoms with van der Waals surface area (Å²) in [5, 5.41) is 8.26. The van der Waals surface area contributed by atoms with E-state index >= 15 is 0 Å². The Hall–Kier alpha value is -1.73. The molecule has 0 aliphatic carbocycles. The Kier molecular flexibility index (Phi) is 4.06. The standard InChI is InChI=1S/C11H14N4O2S/c1-7(16-2)8-3-4-9(13-5-8)6-17-11-15-14-10(12)18-11/h3-5,7H,6H2,1-2H3,(H2,12,14). The summed E-state index contributed by atoms with van der Waals surface area (Å²) >= 11 is 1.20. The second kappa shape index (κ2) is 5.74. The maximum atomic E-state index is 5.45. The molecule has 2 rings (SSSR count). The van der Waals surface area contributed by atoms with Gasteiger partial charge < -0.3 is 15.2 Å². The van der Waals surface area contributed by atoms with Gasteiger partial charge in [0, 0.05) is 13.3 Å². The van der Waals surface area contributed by atoms with E-state index in [0.717, 1.165) is 11.3 Å². The Morgan fingerprint density at radius 2 is 2.22 bits per heavy atom. The summed E-state index contributed by atoms with van der Waals surface area (Å²) in [6.45, 7) is 2.31. The highest BCUT2D eigenvalue weighted by atomic mass is 32.1. The van der Waals surface area contributed by atoms with Gasteiger partial charge in [-0.3, -0.25) is 4.98 Å². The van der Waals surface area contributed by atoms with Crippen LogP contribution in [0.25, 0.3) is 0 Å². The number of hydrogen-bond acceptors (Lipinski definition) is 7. The van der Waals surface area contributed by atoms with Crippen LogP contribution in [0.1, 0.15) is 24.3 Å². The fraction of sp³-hybridized carbons (Fsp3) is 0.364. The normalized spacial score (nSPS) is 12.3. The summed E-state index contributed by atoms with van der Waals surface area (Å²) < 4.78 is 10.6. The number of pyridine rings is 1. The Labute approximate surface area is 109 Å². The SMILES string of the molecule is COC(C)c1ccc(COc2nnc(N)s2)nc1. The van der Waals surface area contributed by atoms with Gasteiger partial charge in [-0.25, -0.2) is 0 Å². The Morgan fingerprint density at radius 3 is 2.78 bits per heavy atom. The van der Waals surface area contributed by atoms with Crippen molar-refractivity contribution in [1.82, 2.24) is 15.2 Å². The molecule has 0 fully saturated rings. The first-order valence-electron chi connectivity index (χ1n) is 5.38. The van der Waals surface area contributed by atoms with Crippen LogP contribution in [0, 0.1) is 0 Å². The van der Waals surface area contributed by atoms with Crippen LogP contribution in [-0.4, -0.2) is 22.3 Å². The van der Waals surface area contributed by atoms with Crippen LogP contribution in [0.5, 0.6) is 5.19 Å². The van der Waals surface area contributed by atoms with Gasteiger partial charge in [0.2, 0.25) is 5.13 Å². The smallest absolute Gasteiger partial charge is 0.296 e. The molecular formula is C11H14N4O2S. The van der Waals surface area contributed by atoms with Crippen molar-refractivity contribution in [3.05, 3.63) is 29.6 Å². The van der Waals surface area contributed by atoms with E-state index in [4.69, 9.17) is 15.2 Å². The number of nitrogens with two attached hydrogens (primary N) is 1. The number of nitrogen functional groups attached to an aromatic ring is 1. The van der Waals surface area contributed by atoms with Gasteiger partial charge in [-0.15, -0.1) is 5.10 Å². The quantitative estimate of drug-likeness (QED) is 0.888. The van der Waals surface area contributed by atoms with Gasteiger partial charge >= 0.3 is 0 Å². The van der Waals surface area contributed by atoms with Crippen LogP contribution in [0.3, 0.4) is 0 Å². The lowest BCUT2D eigenvalue weighted by Gasteiger charge is -2.09. The molecule has 0 aliphatic rings. The van der Waals surface area contributed by atoms with E-state index < -0.39 is 0 Å². The van der Waals surface area contributed by atoms with E-state index in [-0.39, 0.29) is 6.10 Å². The monoisotopic (exact) mass is 266 g/mol. The molecule has 0 bridgehead atoms. The summed E-state index contributed by atoms with van der Waals surface area (Å²) in [6.07, 6.45) is 1.82. The molecular weight excluding hydrogens is 252 g/mol. The molecule has 18 heavy (non-hydrogen) atoms. The highest BCUT2D eigenvalue weighted by Gasteiger charge is 2.06. The van der Waals surface area contributed by atoms with Crippen molar-refractivity contribution in [2.24, 2.45) is 0 Å². The highest BCUT2D eigenvalue weighted by molar-refractivity contribution is 7.16. The predicted octanol–water partition coefficient (Wildman–Crippen LogP) is 1.80. The minimum absolute atomic E-state index is 0.0374. The first kappa shape index (κ1) is 12.7. The van der Waals surface area contributed by atoms with Crippen LogP contribution in [0.4, 0.5) is 5.13 Å². The number of anilines is 1. The number of hydrogen-bond donors (Lipinski definition) is 1. The van der Waals surface area contributed by atoms with Crippen LogP contribution in [-0.2, 0) is 11.3 Å². The summed E-state index contributed by atoms with van der Waals surface area (Å²) in [7, 11) is 1.67. The summed E-state index contributed by atoms with van der Waals surface area (Å²) in [4.78, 5) is 4.29. The molecule has 1 atom stereocenters. The molecule has 0 saturated carbocycles. The third kappa shape index (κ3) is 3.14. The molecule has 0 amide bonds. The Balaban J connectivity index is 1.94. The predicted molar refractivity (Wildman–Crippen MR) is 68.3 cm³/mol. The molecule has 96 valence electrons. The molecule has 1 unspecified atom stereocenters. The van der Waals surface area contributed by atoms with Gasteiger partial charge in [0.1, 0.15) is 6.61 Å². The van der Waals surface area contributed by atoms with E-state index in [2.05, 4.69) is 15.2 Å². The average molecular weight is 266 g/mol. The van der Waals surface area contributed by atoms with Gasteiger partial charge in [0.05, 0.1) is 11.8 Å². The van der Waals surface area contributed by atoms with Gasteiger partial charge in [-0.1, -0.05) is 11.2 Å². The molecule has 0 aromatic carbocycles. The topological polar surface area (TPSA) is 83.2 Å². The summed E-state index contributed by atoms with van der Waals surface area (Å²) in [5.41, 5.74) is 7.30. The van der Waals surface area contributed by atoms with Crippen molar-refractivity contribution < 1.29 is 9.47 Å². The van der Waals surface area contributed by atoms with Crippen molar-refractivity contribution in [1.29, 1.82) is 0 Å². The van der Waals surface area contributed by atoms with Crippen LogP contribution in [0.2, 0.25) is 0 Å². The van der Waals surface area contributed by atoms with Crippen LogP contribution >= 0.6 is 11.3 Å². The zero-order valence-electron chi connectivity index (χ0n) is 10.2. The molecule has 6 nitrogen and oxygen atoms in total. The third-order valence-corrected chi connectivity index (χ3v) is 3.10. The fourth-order valence-electron chi connectivity index (χ4n) is 1.31. The Bertz CT molecular complexity index is 500. The van der Waals surface area contributed by atoms with E-state index in [1.807, 2.05) is 19.1 Å². The lowest BCUT2D eigenvalue weighted by atomic mass is 10.2. The van der Waals surface area contributed by atoms with E-state index in [9.17, 15) is 0 Å². The number of ether oxygens (including phenoxy) is 2. The first-order valence-corrected chi connectivity index (χ1v) is 6.20. The number of nitrogens with zero attached hydrogens (tertiary/aromatic N) is 3. The second-order valence-electron chi connectivity index (χ2n) is 3.66. The van der Waals surface area contributed by atoms with Crippen molar-refractivity contribution >= 4 is 16.5 Å². The van der Waals surface area contributed by atoms with Crippen molar-refractivity contribution in [3.63, 3.8) is 0 Å². The van der Waals surface area contributed by atoms with Crippen LogP contribution in [0.15, 0.2) is 18.3 Å². The van der Waals surface area contributed by atoms with E-state index in [1.165, 1.54) is 11.3 Å². The molecule has 2 aromatic rings. The number of rotatable bonds is 5. The molecule has 2 aromatic heterocycles. The van der Waals surface area contributed by atoms with E-state index in [0.29, 0.717) is 16.9 Å². The van der Waals surface area contributed by atoms with Crippen molar-refractivity contribution in [2.45, 2.75) is 19.6 Å². The lowest BCUT2D eigenvalue weighted by Crippen LogP contribution is -2.01. The second-order valence-corrected chi connectivity index (χ2v) is 4.63. The average Bonchev–Trinajstić information content (AvgIpc) is 2.82. The molecule has 0 saturated heterocycles. The zero-order valence-corrected chi connectivity index (χ0v) is 11.0. The maximum absolute atomic E-state index is 5.45. The summed E-state index contributed by atoms with van der Waals surface area (Å²) in [5.74, 6) is 0. The van der Waals surface area contributed by atoms with Gasteiger partial charge in [0.15, 0.2) is 0 Å². The molecule has 0 spiro atoms.